The monoisotopic (exact) mass is 277 g/mol. The van der Waals surface area contributed by atoms with E-state index in [1.165, 1.54) is 5.56 Å². The third-order valence-corrected chi connectivity index (χ3v) is 4.43. The fourth-order valence-electron chi connectivity index (χ4n) is 2.88. The zero-order valence-corrected chi connectivity index (χ0v) is 12.9. The van der Waals surface area contributed by atoms with Crippen molar-refractivity contribution in [3.8, 4) is 5.75 Å². The normalized spacial score (nSPS) is 20.6. The van der Waals surface area contributed by atoms with E-state index in [1.807, 2.05) is 6.07 Å². The molecule has 4 heteroatoms. The van der Waals surface area contributed by atoms with Crippen LogP contribution in [0.1, 0.15) is 12.5 Å². The summed E-state index contributed by atoms with van der Waals surface area (Å²) in [7, 11) is 3.89. The SMILES string of the molecule is COc1cccc(CC(C)(CN)N2CCN(C)CC2)c1. The number of methoxy groups -OCH3 is 1. The van der Waals surface area contributed by atoms with Crippen molar-refractivity contribution < 1.29 is 4.74 Å². The number of hydrogen-bond donors (Lipinski definition) is 1. The van der Waals surface area contributed by atoms with Crippen LogP contribution in [0.25, 0.3) is 0 Å². The zero-order chi connectivity index (χ0) is 14.6. The first kappa shape index (κ1) is 15.3. The van der Waals surface area contributed by atoms with Crippen LogP contribution in [0.5, 0.6) is 5.75 Å². The van der Waals surface area contributed by atoms with Crippen LogP contribution in [0.15, 0.2) is 24.3 Å². The molecule has 1 saturated heterocycles. The van der Waals surface area contributed by atoms with Crippen molar-refractivity contribution in [2.45, 2.75) is 18.9 Å². The summed E-state index contributed by atoms with van der Waals surface area (Å²) in [6.07, 6.45) is 0.963. The lowest BCUT2D eigenvalue weighted by atomic mass is 9.90. The largest absolute Gasteiger partial charge is 0.497 e. The number of ether oxygens (including phenoxy) is 1. The highest BCUT2D eigenvalue weighted by Crippen LogP contribution is 2.23. The quantitative estimate of drug-likeness (QED) is 0.878. The van der Waals surface area contributed by atoms with E-state index in [2.05, 4.69) is 42.0 Å². The maximum absolute atomic E-state index is 6.10. The lowest BCUT2D eigenvalue weighted by Gasteiger charge is -2.45. The van der Waals surface area contributed by atoms with Gasteiger partial charge in [-0.1, -0.05) is 12.1 Å². The van der Waals surface area contributed by atoms with Crippen LogP contribution >= 0.6 is 0 Å². The van der Waals surface area contributed by atoms with Crippen molar-refractivity contribution in [1.82, 2.24) is 9.80 Å². The molecular formula is C16H27N3O. The first-order valence-corrected chi connectivity index (χ1v) is 7.34. The molecule has 1 atom stereocenters. The summed E-state index contributed by atoms with van der Waals surface area (Å²) in [6.45, 7) is 7.37. The first-order chi connectivity index (χ1) is 9.57. The van der Waals surface area contributed by atoms with E-state index in [0.717, 1.165) is 38.3 Å². The van der Waals surface area contributed by atoms with E-state index in [0.29, 0.717) is 6.54 Å². The molecule has 1 aliphatic heterocycles. The molecule has 1 aliphatic rings. The van der Waals surface area contributed by atoms with Crippen LogP contribution in [0.3, 0.4) is 0 Å². The average Bonchev–Trinajstić information content (AvgIpc) is 2.48. The molecule has 0 spiro atoms. The Balaban J connectivity index is 2.09. The van der Waals surface area contributed by atoms with Gasteiger partial charge in [0.2, 0.25) is 0 Å². The van der Waals surface area contributed by atoms with Crippen molar-refractivity contribution in [3.05, 3.63) is 29.8 Å². The molecule has 1 fully saturated rings. The molecule has 2 N–H and O–H groups in total. The van der Waals surface area contributed by atoms with Gasteiger partial charge in [0.05, 0.1) is 7.11 Å². The fourth-order valence-corrected chi connectivity index (χ4v) is 2.88. The predicted molar refractivity (Wildman–Crippen MR) is 83.2 cm³/mol. The first-order valence-electron chi connectivity index (χ1n) is 7.34. The maximum atomic E-state index is 6.10. The Labute approximate surface area is 122 Å². The Morgan fingerprint density at radius 2 is 1.95 bits per heavy atom. The molecule has 1 aromatic carbocycles. The molecule has 1 heterocycles. The number of hydrogen-bond acceptors (Lipinski definition) is 4. The van der Waals surface area contributed by atoms with Gasteiger partial charge in [-0.25, -0.2) is 0 Å². The molecule has 4 nitrogen and oxygen atoms in total. The summed E-state index contributed by atoms with van der Waals surface area (Å²) in [4.78, 5) is 4.91. The van der Waals surface area contributed by atoms with E-state index in [-0.39, 0.29) is 5.54 Å². The zero-order valence-electron chi connectivity index (χ0n) is 12.9. The van der Waals surface area contributed by atoms with E-state index >= 15 is 0 Å². The van der Waals surface area contributed by atoms with Crippen molar-refractivity contribution in [3.63, 3.8) is 0 Å². The maximum Gasteiger partial charge on any atom is 0.119 e. The highest BCUT2D eigenvalue weighted by atomic mass is 16.5. The fraction of sp³-hybridized carbons (Fsp3) is 0.625. The lowest BCUT2D eigenvalue weighted by Crippen LogP contribution is -2.59. The van der Waals surface area contributed by atoms with Gasteiger partial charge in [-0.15, -0.1) is 0 Å². The summed E-state index contributed by atoms with van der Waals surface area (Å²) in [5, 5.41) is 0. The van der Waals surface area contributed by atoms with Gasteiger partial charge < -0.3 is 15.4 Å². The van der Waals surface area contributed by atoms with Crippen LogP contribution in [-0.4, -0.2) is 62.2 Å². The molecule has 1 unspecified atom stereocenters. The highest BCUT2D eigenvalue weighted by Gasteiger charge is 2.32. The molecule has 2 rings (SSSR count). The van der Waals surface area contributed by atoms with Gasteiger partial charge in [0.25, 0.3) is 0 Å². The van der Waals surface area contributed by atoms with Crippen LogP contribution < -0.4 is 10.5 Å². The number of nitrogens with two attached hydrogens (primary N) is 1. The minimum Gasteiger partial charge on any atom is -0.497 e. The molecule has 0 aromatic heterocycles. The molecular weight excluding hydrogens is 250 g/mol. The Kier molecular flexibility index (Phi) is 5.02. The molecule has 20 heavy (non-hydrogen) atoms. The second-order valence-corrected chi connectivity index (χ2v) is 6.02. The molecule has 0 radical (unpaired) electrons. The Morgan fingerprint density at radius 1 is 1.25 bits per heavy atom. The summed E-state index contributed by atoms with van der Waals surface area (Å²) in [5.74, 6) is 0.917. The van der Waals surface area contributed by atoms with Crippen LogP contribution in [-0.2, 0) is 6.42 Å². The summed E-state index contributed by atoms with van der Waals surface area (Å²) < 4.78 is 5.31. The lowest BCUT2D eigenvalue weighted by molar-refractivity contribution is 0.0559. The molecule has 0 bridgehead atoms. The van der Waals surface area contributed by atoms with Gasteiger partial charge in [-0.3, -0.25) is 4.90 Å². The summed E-state index contributed by atoms with van der Waals surface area (Å²) in [6, 6.07) is 8.31. The summed E-state index contributed by atoms with van der Waals surface area (Å²) in [5.41, 5.74) is 7.41. The van der Waals surface area contributed by atoms with Crippen molar-refractivity contribution in [2.24, 2.45) is 5.73 Å². The van der Waals surface area contributed by atoms with Crippen LogP contribution in [0.4, 0.5) is 0 Å². The van der Waals surface area contributed by atoms with Crippen LogP contribution in [0, 0.1) is 0 Å². The van der Waals surface area contributed by atoms with E-state index in [1.54, 1.807) is 7.11 Å². The van der Waals surface area contributed by atoms with Gasteiger partial charge >= 0.3 is 0 Å². The third kappa shape index (κ3) is 3.51. The Hall–Kier alpha value is -1.10. The van der Waals surface area contributed by atoms with Gasteiger partial charge in [0.1, 0.15) is 5.75 Å². The molecule has 0 saturated carbocycles. The Morgan fingerprint density at radius 3 is 2.55 bits per heavy atom. The number of piperazine rings is 1. The number of benzene rings is 1. The van der Waals surface area contributed by atoms with E-state index in [9.17, 15) is 0 Å². The van der Waals surface area contributed by atoms with Gasteiger partial charge in [-0.2, -0.15) is 0 Å². The van der Waals surface area contributed by atoms with E-state index < -0.39 is 0 Å². The van der Waals surface area contributed by atoms with Crippen molar-refractivity contribution >= 4 is 0 Å². The standard InChI is InChI=1S/C16H27N3O/c1-16(13-17,19-9-7-18(2)8-10-19)12-14-5-4-6-15(11-14)20-3/h4-6,11H,7-10,12-13,17H2,1-3H3. The smallest absolute Gasteiger partial charge is 0.119 e. The van der Waals surface area contributed by atoms with Crippen LogP contribution in [0.2, 0.25) is 0 Å². The molecule has 0 aliphatic carbocycles. The second-order valence-electron chi connectivity index (χ2n) is 6.02. The number of likely N-dealkylation sites (N-methyl/N-ethyl adjacent to an activating group) is 1. The topological polar surface area (TPSA) is 41.7 Å². The van der Waals surface area contributed by atoms with Crippen molar-refractivity contribution in [1.29, 1.82) is 0 Å². The van der Waals surface area contributed by atoms with Gasteiger partial charge in [0, 0.05) is 38.3 Å². The molecule has 0 amide bonds. The Bertz CT molecular complexity index is 429. The number of nitrogens with zero attached hydrogens (tertiary/aromatic N) is 2. The van der Waals surface area contributed by atoms with Gasteiger partial charge in [0.15, 0.2) is 0 Å². The minimum atomic E-state index is 0.0215. The molecule has 112 valence electrons. The highest BCUT2D eigenvalue weighted by molar-refractivity contribution is 5.29. The van der Waals surface area contributed by atoms with Crippen molar-refractivity contribution in [2.75, 3.05) is 46.9 Å². The predicted octanol–water partition coefficient (Wildman–Crippen LogP) is 1.20. The third-order valence-electron chi connectivity index (χ3n) is 4.43. The second kappa shape index (κ2) is 6.57. The molecule has 1 aromatic rings. The van der Waals surface area contributed by atoms with Gasteiger partial charge in [-0.05, 0) is 38.1 Å². The number of rotatable bonds is 5. The average molecular weight is 277 g/mol. The van der Waals surface area contributed by atoms with E-state index in [4.69, 9.17) is 10.5 Å². The summed E-state index contributed by atoms with van der Waals surface area (Å²) >= 11 is 0. The minimum absolute atomic E-state index is 0.0215.